The molecule has 2 N–H and O–H groups in total. The molecule has 2 aromatic carbocycles. The number of halogens is 1. The molecule has 3 heteroatoms. The second kappa shape index (κ2) is 5.85. The number of anilines is 1. The van der Waals surface area contributed by atoms with Crippen LogP contribution >= 0.6 is 0 Å². The molecule has 0 fully saturated rings. The van der Waals surface area contributed by atoms with E-state index in [-0.39, 0.29) is 5.82 Å². The Morgan fingerprint density at radius 1 is 1.11 bits per heavy atom. The number of hydrogen-bond acceptors (Lipinski definition) is 2. The maximum atomic E-state index is 13.2. The fraction of sp³-hybridized carbons (Fsp3) is 0.250. The molecule has 2 nitrogen and oxygen atoms in total. The van der Waals surface area contributed by atoms with Crippen molar-refractivity contribution in [2.24, 2.45) is 0 Å². The van der Waals surface area contributed by atoms with E-state index >= 15 is 0 Å². The van der Waals surface area contributed by atoms with Crippen LogP contribution in [0.5, 0.6) is 0 Å². The molecule has 0 aliphatic heterocycles. The largest absolute Gasteiger partial charge is 0.387 e. The number of aliphatic hydroxyl groups is 1. The van der Waals surface area contributed by atoms with Crippen LogP contribution in [0.4, 0.5) is 10.1 Å². The van der Waals surface area contributed by atoms with Crippen LogP contribution in [0.1, 0.15) is 22.8 Å². The highest BCUT2D eigenvalue weighted by molar-refractivity contribution is 5.50. The van der Waals surface area contributed by atoms with Gasteiger partial charge >= 0.3 is 0 Å². The van der Waals surface area contributed by atoms with Gasteiger partial charge in [-0.25, -0.2) is 4.39 Å². The minimum atomic E-state index is -0.654. The summed E-state index contributed by atoms with van der Waals surface area (Å²) in [4.78, 5) is 0. The first-order chi connectivity index (χ1) is 9.08. The van der Waals surface area contributed by atoms with Crippen molar-refractivity contribution in [3.63, 3.8) is 0 Å². The van der Waals surface area contributed by atoms with Gasteiger partial charge < -0.3 is 10.4 Å². The smallest absolute Gasteiger partial charge is 0.126 e. The molecule has 0 heterocycles. The Hall–Kier alpha value is -1.87. The van der Waals surface area contributed by atoms with Gasteiger partial charge in [-0.3, -0.25) is 0 Å². The van der Waals surface area contributed by atoms with E-state index in [1.165, 1.54) is 6.07 Å². The molecule has 0 aliphatic carbocycles. The van der Waals surface area contributed by atoms with Crippen LogP contribution in [-0.2, 0) is 0 Å². The Labute approximate surface area is 112 Å². The molecule has 1 atom stereocenters. The molecule has 100 valence electrons. The van der Waals surface area contributed by atoms with Crippen molar-refractivity contribution in [1.29, 1.82) is 0 Å². The summed E-state index contributed by atoms with van der Waals surface area (Å²) in [6.45, 7) is 4.10. The number of para-hydroxylation sites is 1. The predicted octanol–water partition coefficient (Wildman–Crippen LogP) is 3.59. The standard InChI is InChI=1S/C16H18FNO/c1-11-5-3-4-6-15(11)18-10-16(19)13-7-8-14(17)12(2)9-13/h3-9,16,18-19H,10H2,1-2H3. The van der Waals surface area contributed by atoms with Gasteiger partial charge in [-0.1, -0.05) is 30.3 Å². The van der Waals surface area contributed by atoms with Crippen LogP contribution < -0.4 is 5.32 Å². The van der Waals surface area contributed by atoms with Crippen molar-refractivity contribution < 1.29 is 9.50 Å². The van der Waals surface area contributed by atoms with Crippen LogP contribution in [0.25, 0.3) is 0 Å². The van der Waals surface area contributed by atoms with Gasteiger partial charge in [0.15, 0.2) is 0 Å². The van der Waals surface area contributed by atoms with Crippen LogP contribution in [0.2, 0.25) is 0 Å². The molecule has 0 amide bonds. The molecule has 2 rings (SSSR count). The summed E-state index contributed by atoms with van der Waals surface area (Å²) in [5, 5.41) is 13.3. The van der Waals surface area contributed by atoms with E-state index in [0.29, 0.717) is 12.1 Å². The average molecular weight is 259 g/mol. The summed E-state index contributed by atoms with van der Waals surface area (Å²) in [5.41, 5.74) is 3.40. The zero-order valence-electron chi connectivity index (χ0n) is 11.2. The number of benzene rings is 2. The normalized spacial score (nSPS) is 12.2. The highest BCUT2D eigenvalue weighted by Crippen LogP contribution is 2.19. The van der Waals surface area contributed by atoms with Gasteiger partial charge in [0.1, 0.15) is 5.82 Å². The van der Waals surface area contributed by atoms with E-state index < -0.39 is 6.10 Å². The summed E-state index contributed by atoms with van der Waals surface area (Å²) in [6.07, 6.45) is -0.654. The van der Waals surface area contributed by atoms with Gasteiger partial charge in [-0.15, -0.1) is 0 Å². The van der Waals surface area contributed by atoms with E-state index in [4.69, 9.17) is 0 Å². The molecule has 19 heavy (non-hydrogen) atoms. The second-order valence-electron chi connectivity index (χ2n) is 4.72. The first kappa shape index (κ1) is 13.6. The predicted molar refractivity (Wildman–Crippen MR) is 75.8 cm³/mol. The fourth-order valence-corrected chi connectivity index (χ4v) is 1.97. The molecule has 0 aliphatic rings. The number of aryl methyl sites for hydroxylation is 2. The van der Waals surface area contributed by atoms with Crippen molar-refractivity contribution >= 4 is 5.69 Å². The van der Waals surface area contributed by atoms with Crippen molar-refractivity contribution in [1.82, 2.24) is 0 Å². The molecule has 1 unspecified atom stereocenters. The van der Waals surface area contributed by atoms with Gasteiger partial charge in [0.25, 0.3) is 0 Å². The Morgan fingerprint density at radius 2 is 1.84 bits per heavy atom. The van der Waals surface area contributed by atoms with E-state index in [1.807, 2.05) is 31.2 Å². The van der Waals surface area contributed by atoms with E-state index in [9.17, 15) is 9.50 Å². The molecular formula is C16H18FNO. The molecular weight excluding hydrogens is 241 g/mol. The van der Waals surface area contributed by atoms with E-state index in [0.717, 1.165) is 16.8 Å². The Morgan fingerprint density at radius 3 is 2.53 bits per heavy atom. The van der Waals surface area contributed by atoms with Crippen molar-refractivity contribution in [3.05, 3.63) is 65.0 Å². The maximum Gasteiger partial charge on any atom is 0.126 e. The lowest BCUT2D eigenvalue weighted by Gasteiger charge is -2.15. The monoisotopic (exact) mass is 259 g/mol. The summed E-state index contributed by atoms with van der Waals surface area (Å²) < 4.78 is 13.2. The quantitative estimate of drug-likeness (QED) is 0.879. The zero-order valence-corrected chi connectivity index (χ0v) is 11.2. The van der Waals surface area contributed by atoms with E-state index in [1.54, 1.807) is 19.1 Å². The lowest BCUT2D eigenvalue weighted by Crippen LogP contribution is -2.13. The molecule has 0 bridgehead atoms. The van der Waals surface area contributed by atoms with Crippen molar-refractivity contribution in [2.75, 3.05) is 11.9 Å². The summed E-state index contributed by atoms with van der Waals surface area (Å²) >= 11 is 0. The highest BCUT2D eigenvalue weighted by atomic mass is 19.1. The van der Waals surface area contributed by atoms with Crippen LogP contribution in [0.15, 0.2) is 42.5 Å². The average Bonchev–Trinajstić information content (AvgIpc) is 2.40. The Bertz CT molecular complexity index is 568. The summed E-state index contributed by atoms with van der Waals surface area (Å²) in [5.74, 6) is -0.247. The minimum absolute atomic E-state index is 0.247. The fourth-order valence-electron chi connectivity index (χ4n) is 1.97. The number of hydrogen-bond donors (Lipinski definition) is 2. The first-order valence-electron chi connectivity index (χ1n) is 6.31. The molecule has 2 aromatic rings. The summed E-state index contributed by atoms with van der Waals surface area (Å²) in [7, 11) is 0. The van der Waals surface area contributed by atoms with Gasteiger partial charge in [0, 0.05) is 12.2 Å². The van der Waals surface area contributed by atoms with Crippen LogP contribution in [0.3, 0.4) is 0 Å². The third-order valence-electron chi connectivity index (χ3n) is 3.20. The van der Waals surface area contributed by atoms with Crippen LogP contribution in [-0.4, -0.2) is 11.7 Å². The minimum Gasteiger partial charge on any atom is -0.387 e. The number of rotatable bonds is 4. The van der Waals surface area contributed by atoms with Gasteiger partial charge in [0.2, 0.25) is 0 Å². The lowest BCUT2D eigenvalue weighted by atomic mass is 10.1. The molecule has 0 aromatic heterocycles. The number of nitrogens with one attached hydrogen (secondary N) is 1. The van der Waals surface area contributed by atoms with Crippen molar-refractivity contribution in [3.8, 4) is 0 Å². The van der Waals surface area contributed by atoms with Gasteiger partial charge in [0.05, 0.1) is 6.10 Å². The van der Waals surface area contributed by atoms with Crippen LogP contribution in [0, 0.1) is 19.7 Å². The second-order valence-corrected chi connectivity index (χ2v) is 4.72. The molecule has 0 radical (unpaired) electrons. The maximum absolute atomic E-state index is 13.2. The van der Waals surface area contributed by atoms with E-state index in [2.05, 4.69) is 5.32 Å². The summed E-state index contributed by atoms with van der Waals surface area (Å²) in [6, 6.07) is 12.6. The third kappa shape index (κ3) is 3.32. The van der Waals surface area contributed by atoms with Gasteiger partial charge in [-0.05, 0) is 42.7 Å². The molecule has 0 spiro atoms. The molecule has 0 saturated heterocycles. The molecule has 0 saturated carbocycles. The third-order valence-corrected chi connectivity index (χ3v) is 3.20. The van der Waals surface area contributed by atoms with Gasteiger partial charge in [-0.2, -0.15) is 0 Å². The zero-order chi connectivity index (χ0) is 13.8. The first-order valence-corrected chi connectivity index (χ1v) is 6.31. The SMILES string of the molecule is Cc1cc(C(O)CNc2ccccc2C)ccc1F. The Kier molecular flexibility index (Phi) is 4.17. The highest BCUT2D eigenvalue weighted by Gasteiger charge is 2.09. The Balaban J connectivity index is 2.03. The van der Waals surface area contributed by atoms with Crippen molar-refractivity contribution in [2.45, 2.75) is 20.0 Å². The number of aliphatic hydroxyl groups excluding tert-OH is 1. The topological polar surface area (TPSA) is 32.3 Å². The lowest BCUT2D eigenvalue weighted by molar-refractivity contribution is 0.191.